The van der Waals surface area contributed by atoms with Crippen molar-refractivity contribution in [1.82, 2.24) is 10.2 Å². The Labute approximate surface area is 170 Å². The van der Waals surface area contributed by atoms with Crippen LogP contribution in [0.1, 0.15) is 33.3 Å². The van der Waals surface area contributed by atoms with Crippen molar-refractivity contribution in [3.8, 4) is 0 Å². The first-order chi connectivity index (χ1) is 13.7. The molecule has 0 bridgehead atoms. The fraction of sp³-hybridized carbons (Fsp3) is 0.364. The van der Waals surface area contributed by atoms with Gasteiger partial charge in [-0.2, -0.15) is 0 Å². The molecule has 0 radical (unpaired) electrons. The lowest BCUT2D eigenvalue weighted by atomic mass is 10.1. The van der Waals surface area contributed by atoms with E-state index in [0.717, 1.165) is 18.4 Å². The summed E-state index contributed by atoms with van der Waals surface area (Å²) < 4.78 is 4.98. The van der Waals surface area contributed by atoms with E-state index in [0.29, 0.717) is 31.0 Å². The third kappa shape index (κ3) is 5.36. The van der Waals surface area contributed by atoms with Crippen molar-refractivity contribution in [1.29, 1.82) is 0 Å². The number of rotatable bonds is 9. The minimum absolute atomic E-state index is 0.00928. The summed E-state index contributed by atoms with van der Waals surface area (Å²) in [5.74, 6) is 0.589. The molecule has 1 atom stereocenters. The molecule has 6 heteroatoms. The smallest absolute Gasteiger partial charge is 0.251 e. The van der Waals surface area contributed by atoms with Crippen LogP contribution in [0.25, 0.3) is 0 Å². The lowest BCUT2D eigenvalue weighted by Crippen LogP contribution is -2.30. The second-order valence-corrected chi connectivity index (χ2v) is 7.78. The molecule has 1 fully saturated rings. The van der Waals surface area contributed by atoms with Crippen molar-refractivity contribution < 1.29 is 14.3 Å². The van der Waals surface area contributed by atoms with Crippen LogP contribution in [0.2, 0.25) is 0 Å². The molecule has 5 nitrogen and oxygen atoms in total. The maximum Gasteiger partial charge on any atom is 0.251 e. The summed E-state index contributed by atoms with van der Waals surface area (Å²) in [7, 11) is 1.65. The molecule has 3 rings (SSSR count). The highest BCUT2D eigenvalue weighted by atomic mass is 32.2. The summed E-state index contributed by atoms with van der Waals surface area (Å²) in [5.41, 5.74) is 2.91. The minimum Gasteiger partial charge on any atom is -0.385 e. The summed E-state index contributed by atoms with van der Waals surface area (Å²) >= 11 is 1.64. The first-order valence-corrected chi connectivity index (χ1v) is 10.6. The highest BCUT2D eigenvalue weighted by molar-refractivity contribution is 8.00. The molecular formula is C22H26N2O3S. The van der Waals surface area contributed by atoms with Crippen LogP contribution < -0.4 is 5.32 Å². The van der Waals surface area contributed by atoms with E-state index in [-0.39, 0.29) is 17.2 Å². The second-order valence-electron chi connectivity index (χ2n) is 6.71. The highest BCUT2D eigenvalue weighted by Crippen LogP contribution is 2.38. The third-order valence-corrected chi connectivity index (χ3v) is 5.98. The van der Waals surface area contributed by atoms with Crippen molar-refractivity contribution in [2.75, 3.05) is 32.6 Å². The van der Waals surface area contributed by atoms with E-state index in [1.807, 2.05) is 47.4 Å². The largest absolute Gasteiger partial charge is 0.385 e. The molecule has 1 aliphatic heterocycles. The molecule has 0 saturated carbocycles. The molecule has 0 aromatic heterocycles. The maximum absolute atomic E-state index is 12.4. The van der Waals surface area contributed by atoms with Gasteiger partial charge in [0.25, 0.3) is 5.91 Å². The number of carbonyl (C=O) groups is 2. The van der Waals surface area contributed by atoms with Crippen LogP contribution in [0.4, 0.5) is 0 Å². The van der Waals surface area contributed by atoms with Crippen LogP contribution in [0.3, 0.4) is 0 Å². The molecule has 28 heavy (non-hydrogen) atoms. The highest BCUT2D eigenvalue weighted by Gasteiger charge is 2.32. The number of hydrogen-bond donors (Lipinski definition) is 1. The van der Waals surface area contributed by atoms with Crippen LogP contribution in [0, 0.1) is 0 Å². The van der Waals surface area contributed by atoms with Crippen molar-refractivity contribution in [3.63, 3.8) is 0 Å². The number of methoxy groups -OCH3 is 1. The Bertz CT molecular complexity index is 780. The Morgan fingerprint density at radius 1 is 1.18 bits per heavy atom. The van der Waals surface area contributed by atoms with Crippen LogP contribution in [0.5, 0.6) is 0 Å². The van der Waals surface area contributed by atoms with Crippen LogP contribution >= 0.6 is 11.8 Å². The third-order valence-electron chi connectivity index (χ3n) is 4.72. The van der Waals surface area contributed by atoms with Gasteiger partial charge < -0.3 is 15.0 Å². The summed E-state index contributed by atoms with van der Waals surface area (Å²) in [6.07, 6.45) is 1.63. The number of nitrogens with one attached hydrogen (secondary N) is 1. The predicted octanol–water partition coefficient (Wildman–Crippen LogP) is 3.27. The van der Waals surface area contributed by atoms with Gasteiger partial charge in [-0.3, -0.25) is 9.59 Å². The maximum atomic E-state index is 12.4. The first kappa shape index (κ1) is 20.4. The van der Waals surface area contributed by atoms with E-state index in [9.17, 15) is 9.59 Å². The van der Waals surface area contributed by atoms with E-state index in [1.54, 1.807) is 18.9 Å². The molecule has 2 amide bonds. The number of carbonyl (C=O) groups excluding carboxylic acids is 2. The van der Waals surface area contributed by atoms with E-state index in [4.69, 9.17) is 4.74 Å². The summed E-state index contributed by atoms with van der Waals surface area (Å²) in [4.78, 5) is 26.5. The first-order valence-electron chi connectivity index (χ1n) is 9.51. The number of hydrogen-bond acceptors (Lipinski definition) is 4. The van der Waals surface area contributed by atoms with Crippen molar-refractivity contribution in [2.24, 2.45) is 0 Å². The normalized spacial score (nSPS) is 16.4. The van der Waals surface area contributed by atoms with Gasteiger partial charge in [0.05, 0.1) is 5.75 Å². The Hall–Kier alpha value is -2.31. The van der Waals surface area contributed by atoms with Crippen molar-refractivity contribution >= 4 is 23.6 Å². The number of ether oxygens (including phenoxy) is 1. The van der Waals surface area contributed by atoms with E-state index in [1.165, 1.54) is 5.56 Å². The predicted molar refractivity (Wildman–Crippen MR) is 112 cm³/mol. The SMILES string of the molecule is COCCCNC(=O)c1ccc([C@H]2SCC(=O)N2CCc2ccccc2)cc1. The molecule has 148 valence electrons. The second kappa shape index (κ2) is 10.3. The van der Waals surface area contributed by atoms with E-state index < -0.39 is 0 Å². The number of nitrogens with zero attached hydrogens (tertiary/aromatic N) is 1. The fourth-order valence-electron chi connectivity index (χ4n) is 3.19. The van der Waals surface area contributed by atoms with Gasteiger partial charge in [-0.15, -0.1) is 11.8 Å². The fourth-order valence-corrected chi connectivity index (χ4v) is 4.40. The Morgan fingerprint density at radius 3 is 2.64 bits per heavy atom. The molecule has 2 aromatic carbocycles. The Morgan fingerprint density at radius 2 is 1.93 bits per heavy atom. The summed E-state index contributed by atoms with van der Waals surface area (Å²) in [5, 5.41) is 2.90. The number of thioether (sulfide) groups is 1. The van der Waals surface area contributed by atoms with Gasteiger partial charge in [0, 0.05) is 32.4 Å². The molecule has 2 aromatic rings. The molecule has 1 aliphatic rings. The zero-order valence-electron chi connectivity index (χ0n) is 16.1. The lowest BCUT2D eigenvalue weighted by molar-refractivity contribution is -0.128. The summed E-state index contributed by atoms with van der Waals surface area (Å²) in [6, 6.07) is 17.8. The Kier molecular flexibility index (Phi) is 7.51. The van der Waals surface area contributed by atoms with Crippen LogP contribution in [0.15, 0.2) is 54.6 Å². The average Bonchev–Trinajstić information content (AvgIpc) is 3.11. The zero-order chi connectivity index (χ0) is 19.8. The van der Waals surface area contributed by atoms with E-state index >= 15 is 0 Å². The standard InChI is InChI=1S/C22H26N2O3S/c1-27-15-5-13-23-21(26)18-8-10-19(11-9-18)22-24(20(25)16-28-22)14-12-17-6-3-2-4-7-17/h2-4,6-11,22H,5,12-16H2,1H3,(H,23,26)/t22-/m1/s1. The van der Waals surface area contributed by atoms with Crippen LogP contribution in [-0.4, -0.2) is 49.3 Å². The van der Waals surface area contributed by atoms with E-state index in [2.05, 4.69) is 17.4 Å². The number of amides is 2. The van der Waals surface area contributed by atoms with Gasteiger partial charge in [0.2, 0.25) is 5.91 Å². The lowest BCUT2D eigenvalue weighted by Gasteiger charge is -2.24. The van der Waals surface area contributed by atoms with Gasteiger partial charge in [-0.1, -0.05) is 42.5 Å². The molecule has 1 heterocycles. The molecule has 1 N–H and O–H groups in total. The molecule has 0 spiro atoms. The van der Waals surface area contributed by atoms with Gasteiger partial charge in [-0.05, 0) is 36.1 Å². The van der Waals surface area contributed by atoms with Crippen molar-refractivity contribution in [2.45, 2.75) is 18.2 Å². The topological polar surface area (TPSA) is 58.6 Å². The zero-order valence-corrected chi connectivity index (χ0v) is 16.9. The summed E-state index contributed by atoms with van der Waals surface area (Å²) in [6.45, 7) is 1.92. The van der Waals surface area contributed by atoms with Gasteiger partial charge in [0.1, 0.15) is 5.37 Å². The van der Waals surface area contributed by atoms with Gasteiger partial charge >= 0.3 is 0 Å². The van der Waals surface area contributed by atoms with Gasteiger partial charge in [-0.25, -0.2) is 0 Å². The monoisotopic (exact) mass is 398 g/mol. The quantitative estimate of drug-likeness (QED) is 0.659. The molecular weight excluding hydrogens is 372 g/mol. The van der Waals surface area contributed by atoms with Crippen LogP contribution in [-0.2, 0) is 16.0 Å². The average molecular weight is 399 g/mol. The molecule has 0 aliphatic carbocycles. The minimum atomic E-state index is -0.0845. The molecule has 1 saturated heterocycles. The van der Waals surface area contributed by atoms with Crippen molar-refractivity contribution in [3.05, 3.63) is 71.3 Å². The van der Waals surface area contributed by atoms with Gasteiger partial charge in [0.15, 0.2) is 0 Å². The molecule has 0 unspecified atom stereocenters. The Balaban J connectivity index is 1.60. The number of benzene rings is 2.